The van der Waals surface area contributed by atoms with Gasteiger partial charge < -0.3 is 10.5 Å². The van der Waals surface area contributed by atoms with Crippen molar-refractivity contribution in [3.05, 3.63) is 0 Å². The van der Waals surface area contributed by atoms with Gasteiger partial charge in [-0.25, -0.2) is 8.78 Å². The van der Waals surface area contributed by atoms with Crippen molar-refractivity contribution < 1.29 is 27.5 Å². The molecule has 0 amide bonds. The maximum Gasteiger partial charge on any atom is 0.325 e. The molecule has 0 aromatic rings. The van der Waals surface area contributed by atoms with Gasteiger partial charge in [-0.3, -0.25) is 9.79 Å². The zero-order valence-electron chi connectivity index (χ0n) is 9.04. The first kappa shape index (κ1) is 13.0. The fourth-order valence-corrected chi connectivity index (χ4v) is 2.47. The van der Waals surface area contributed by atoms with E-state index < -0.39 is 54.0 Å². The van der Waals surface area contributed by atoms with Crippen molar-refractivity contribution in [1.82, 2.24) is 0 Å². The highest BCUT2D eigenvalue weighted by atomic mass is 19.3. The molecule has 4 nitrogen and oxygen atoms in total. The van der Waals surface area contributed by atoms with Crippen molar-refractivity contribution in [3.63, 3.8) is 0 Å². The van der Waals surface area contributed by atoms with E-state index in [4.69, 9.17) is 10.5 Å². The second-order valence-electron chi connectivity index (χ2n) is 4.46. The molecular formula is C10H10F4N2O2. The van der Waals surface area contributed by atoms with Gasteiger partial charge in [0.1, 0.15) is 6.54 Å². The molecule has 0 heterocycles. The Hall–Kier alpha value is -1.47. The lowest BCUT2D eigenvalue weighted by molar-refractivity contribution is -0.135. The predicted molar refractivity (Wildman–Crippen MR) is 53.7 cm³/mol. The lowest BCUT2D eigenvalue weighted by Gasteiger charge is -2.19. The molecule has 8 heteroatoms. The number of carboxylic acid groups (broad SMARTS) is 1. The monoisotopic (exact) mass is 266 g/mol. The molecule has 3 atom stereocenters. The average molecular weight is 266 g/mol. The summed E-state index contributed by atoms with van der Waals surface area (Å²) in [4.78, 5) is 13.6. The largest absolute Gasteiger partial charge is 0.480 e. The lowest BCUT2D eigenvalue weighted by atomic mass is 9.94. The Morgan fingerprint density at radius 1 is 1.56 bits per heavy atom. The number of hydrogen-bond acceptors (Lipinski definition) is 3. The third kappa shape index (κ3) is 1.89. The number of carboxylic acids is 1. The third-order valence-corrected chi connectivity index (χ3v) is 3.32. The van der Waals surface area contributed by atoms with Gasteiger partial charge in [0.05, 0.1) is 11.4 Å². The first-order valence-electron chi connectivity index (χ1n) is 5.27. The van der Waals surface area contributed by atoms with Crippen LogP contribution in [0.1, 0.15) is 6.42 Å². The van der Waals surface area contributed by atoms with Crippen LogP contribution in [0.4, 0.5) is 17.6 Å². The number of carbonyl (C=O) groups is 1. The summed E-state index contributed by atoms with van der Waals surface area (Å²) in [6, 6.07) is 0. The summed E-state index contributed by atoms with van der Waals surface area (Å²) in [5.74, 6) is -7.97. The molecule has 2 aliphatic carbocycles. The molecule has 18 heavy (non-hydrogen) atoms. The number of nitrogens with one attached hydrogen (secondary N) is 1. The Kier molecular flexibility index (Phi) is 2.90. The van der Waals surface area contributed by atoms with Crippen molar-refractivity contribution in [2.45, 2.75) is 18.8 Å². The minimum atomic E-state index is -3.37. The minimum Gasteiger partial charge on any atom is -0.480 e. The highest BCUT2D eigenvalue weighted by Crippen LogP contribution is 2.61. The van der Waals surface area contributed by atoms with Crippen molar-refractivity contribution in [1.29, 1.82) is 5.41 Å². The van der Waals surface area contributed by atoms with Crippen LogP contribution in [0, 0.1) is 23.2 Å². The van der Waals surface area contributed by atoms with Gasteiger partial charge in [0.2, 0.25) is 0 Å². The number of hydrogen-bond donors (Lipinski definition) is 2. The van der Waals surface area contributed by atoms with Crippen molar-refractivity contribution in [3.8, 4) is 0 Å². The second kappa shape index (κ2) is 4.03. The quantitative estimate of drug-likeness (QED) is 0.600. The standard InChI is InChI=1S/C10H10F4N2O2/c11-9(12)7(15)6-3-1-4(3)10(13,14)8(6)16-2-5(17)18/h3-4,6,9,15H,1-2H2,(H,17,18). The molecule has 0 aromatic carbocycles. The fraction of sp³-hybridized carbons (Fsp3) is 0.700. The van der Waals surface area contributed by atoms with Gasteiger partial charge in [0.25, 0.3) is 12.3 Å². The molecule has 0 bridgehead atoms. The Morgan fingerprint density at radius 2 is 2.17 bits per heavy atom. The molecular weight excluding hydrogens is 256 g/mol. The molecule has 2 saturated carbocycles. The van der Waals surface area contributed by atoms with Gasteiger partial charge in [-0.15, -0.1) is 0 Å². The molecule has 2 aliphatic rings. The maximum atomic E-state index is 13.7. The Labute approximate surface area is 99.2 Å². The number of alkyl halides is 4. The van der Waals surface area contributed by atoms with Crippen LogP contribution in [0.25, 0.3) is 0 Å². The van der Waals surface area contributed by atoms with Crippen LogP contribution in [-0.4, -0.2) is 41.4 Å². The van der Waals surface area contributed by atoms with Gasteiger partial charge in [-0.2, -0.15) is 8.78 Å². The van der Waals surface area contributed by atoms with E-state index in [2.05, 4.69) is 4.99 Å². The zero-order chi connectivity index (χ0) is 13.7. The maximum absolute atomic E-state index is 13.7. The highest BCUT2D eigenvalue weighted by molar-refractivity contribution is 6.13. The molecule has 0 radical (unpaired) electrons. The number of aliphatic carboxylic acids is 1. The van der Waals surface area contributed by atoms with Gasteiger partial charge in [-0.1, -0.05) is 0 Å². The fourth-order valence-electron chi connectivity index (χ4n) is 2.47. The van der Waals surface area contributed by atoms with Crippen molar-refractivity contribution >= 4 is 17.4 Å². The topological polar surface area (TPSA) is 73.5 Å². The summed E-state index contributed by atoms with van der Waals surface area (Å²) in [6.45, 7) is -0.891. The van der Waals surface area contributed by atoms with E-state index in [1.165, 1.54) is 0 Å². The number of halogens is 4. The van der Waals surface area contributed by atoms with E-state index in [0.29, 0.717) is 0 Å². The number of rotatable bonds is 4. The van der Waals surface area contributed by atoms with Gasteiger partial charge in [0.15, 0.2) is 0 Å². The second-order valence-corrected chi connectivity index (χ2v) is 4.46. The normalized spacial score (nSPS) is 34.7. The van der Waals surface area contributed by atoms with E-state index >= 15 is 0 Å². The van der Waals surface area contributed by atoms with Gasteiger partial charge >= 0.3 is 5.97 Å². The Balaban J connectivity index is 2.30. The molecule has 3 unspecified atom stereocenters. The zero-order valence-corrected chi connectivity index (χ0v) is 9.04. The van der Waals surface area contributed by atoms with Crippen LogP contribution in [-0.2, 0) is 4.79 Å². The van der Waals surface area contributed by atoms with Gasteiger partial charge in [0, 0.05) is 11.8 Å². The molecule has 2 rings (SSSR count). The number of nitrogens with zero attached hydrogens (tertiary/aromatic N) is 1. The van der Waals surface area contributed by atoms with Crippen molar-refractivity contribution in [2.75, 3.05) is 6.54 Å². The first-order valence-corrected chi connectivity index (χ1v) is 5.27. The summed E-state index contributed by atoms with van der Waals surface area (Å²) in [5, 5.41) is 15.6. The van der Waals surface area contributed by atoms with E-state index in [1.807, 2.05) is 0 Å². The number of aliphatic imine (C=N–C) groups is 1. The lowest BCUT2D eigenvalue weighted by Crippen LogP contribution is -2.37. The molecule has 0 spiro atoms. The Morgan fingerprint density at radius 3 is 2.67 bits per heavy atom. The van der Waals surface area contributed by atoms with Crippen LogP contribution in [0.2, 0.25) is 0 Å². The SMILES string of the molecule is N=C(C(F)F)C1C(=NCC(=O)O)C(F)(F)C2CC12. The summed E-state index contributed by atoms with van der Waals surface area (Å²) in [7, 11) is 0. The highest BCUT2D eigenvalue weighted by Gasteiger charge is 2.70. The molecule has 0 saturated heterocycles. The summed E-state index contributed by atoms with van der Waals surface area (Å²) >= 11 is 0. The summed E-state index contributed by atoms with van der Waals surface area (Å²) < 4.78 is 52.3. The molecule has 100 valence electrons. The molecule has 0 aliphatic heterocycles. The van der Waals surface area contributed by atoms with Gasteiger partial charge in [-0.05, 0) is 12.3 Å². The molecule has 2 N–H and O–H groups in total. The average Bonchev–Trinajstić information content (AvgIpc) is 2.98. The summed E-state index contributed by atoms with van der Waals surface area (Å²) in [5.41, 5.74) is -1.96. The summed E-state index contributed by atoms with van der Waals surface area (Å²) in [6.07, 6.45) is -3.04. The van der Waals surface area contributed by atoms with Crippen LogP contribution >= 0.6 is 0 Å². The van der Waals surface area contributed by atoms with E-state index in [0.717, 1.165) is 0 Å². The van der Waals surface area contributed by atoms with Crippen molar-refractivity contribution in [2.24, 2.45) is 22.7 Å². The van der Waals surface area contributed by atoms with Crippen LogP contribution < -0.4 is 0 Å². The van der Waals surface area contributed by atoms with E-state index in [9.17, 15) is 22.4 Å². The smallest absolute Gasteiger partial charge is 0.325 e. The predicted octanol–water partition coefficient (Wildman–Crippen LogP) is 1.70. The Bertz CT molecular complexity index is 436. The molecule has 2 fully saturated rings. The van der Waals surface area contributed by atoms with E-state index in [-0.39, 0.29) is 6.42 Å². The number of fused-ring (bicyclic) bond motifs is 1. The van der Waals surface area contributed by atoms with Crippen LogP contribution in [0.5, 0.6) is 0 Å². The molecule has 0 aromatic heterocycles. The third-order valence-electron chi connectivity index (χ3n) is 3.32. The van der Waals surface area contributed by atoms with Crippen LogP contribution in [0.3, 0.4) is 0 Å². The first-order chi connectivity index (χ1) is 8.26. The van der Waals surface area contributed by atoms with Crippen LogP contribution in [0.15, 0.2) is 4.99 Å². The minimum absolute atomic E-state index is 0.0822. The van der Waals surface area contributed by atoms with E-state index in [1.54, 1.807) is 0 Å².